The van der Waals surface area contributed by atoms with Crippen molar-refractivity contribution in [3.63, 3.8) is 0 Å². The SMILES string of the molecule is Cc1cnc(NCc2ccccc2)c2cccc(N)c12. The zero-order valence-corrected chi connectivity index (χ0v) is 11.4. The number of nitrogens with zero attached hydrogens (tertiary/aromatic N) is 1. The normalized spacial score (nSPS) is 10.7. The van der Waals surface area contributed by atoms with Gasteiger partial charge in [-0.15, -0.1) is 0 Å². The van der Waals surface area contributed by atoms with Crippen LogP contribution >= 0.6 is 0 Å². The van der Waals surface area contributed by atoms with E-state index in [-0.39, 0.29) is 0 Å². The van der Waals surface area contributed by atoms with Crippen LogP contribution in [-0.2, 0) is 6.54 Å². The van der Waals surface area contributed by atoms with E-state index in [4.69, 9.17) is 5.73 Å². The first kappa shape index (κ1) is 12.5. The molecule has 0 amide bonds. The maximum atomic E-state index is 6.08. The highest BCUT2D eigenvalue weighted by atomic mass is 15.0. The number of aryl methyl sites for hydroxylation is 1. The third-order valence-electron chi connectivity index (χ3n) is 3.44. The maximum Gasteiger partial charge on any atom is 0.134 e. The molecule has 3 aromatic rings. The van der Waals surface area contributed by atoms with Crippen molar-refractivity contribution in [3.8, 4) is 0 Å². The lowest BCUT2D eigenvalue weighted by Gasteiger charge is -2.12. The Morgan fingerprint density at radius 3 is 2.65 bits per heavy atom. The van der Waals surface area contributed by atoms with Crippen LogP contribution in [0.25, 0.3) is 10.8 Å². The molecular formula is C17H17N3. The van der Waals surface area contributed by atoms with Gasteiger partial charge < -0.3 is 11.1 Å². The molecule has 0 aliphatic heterocycles. The molecule has 3 rings (SSSR count). The van der Waals surface area contributed by atoms with Crippen LogP contribution in [0.4, 0.5) is 11.5 Å². The van der Waals surface area contributed by atoms with Gasteiger partial charge in [0.05, 0.1) is 0 Å². The summed E-state index contributed by atoms with van der Waals surface area (Å²) in [6.45, 7) is 2.79. The Kier molecular flexibility index (Phi) is 3.25. The Morgan fingerprint density at radius 2 is 1.85 bits per heavy atom. The van der Waals surface area contributed by atoms with Crippen molar-refractivity contribution in [1.82, 2.24) is 4.98 Å². The summed E-state index contributed by atoms with van der Waals surface area (Å²) in [7, 11) is 0. The third kappa shape index (κ3) is 2.30. The molecule has 100 valence electrons. The number of hydrogen-bond donors (Lipinski definition) is 2. The number of pyridine rings is 1. The van der Waals surface area contributed by atoms with Gasteiger partial charge in [-0.2, -0.15) is 0 Å². The Labute approximate surface area is 118 Å². The van der Waals surface area contributed by atoms with Gasteiger partial charge in [0.2, 0.25) is 0 Å². The highest BCUT2D eigenvalue weighted by Crippen LogP contribution is 2.28. The smallest absolute Gasteiger partial charge is 0.134 e. The lowest BCUT2D eigenvalue weighted by molar-refractivity contribution is 1.12. The molecule has 0 bridgehead atoms. The molecule has 1 aromatic heterocycles. The Balaban J connectivity index is 1.96. The predicted octanol–water partition coefficient (Wildman–Crippen LogP) is 3.74. The Hall–Kier alpha value is -2.55. The van der Waals surface area contributed by atoms with E-state index < -0.39 is 0 Å². The minimum atomic E-state index is 0.751. The minimum absolute atomic E-state index is 0.751. The number of aromatic nitrogens is 1. The average molecular weight is 263 g/mol. The van der Waals surface area contributed by atoms with Crippen LogP contribution in [0, 0.1) is 6.92 Å². The molecule has 1 heterocycles. The van der Waals surface area contributed by atoms with E-state index >= 15 is 0 Å². The molecule has 0 unspecified atom stereocenters. The van der Waals surface area contributed by atoms with E-state index in [1.165, 1.54) is 5.56 Å². The number of benzene rings is 2. The van der Waals surface area contributed by atoms with Gasteiger partial charge in [-0.3, -0.25) is 0 Å². The van der Waals surface area contributed by atoms with E-state index in [1.54, 1.807) is 0 Å². The maximum absolute atomic E-state index is 6.08. The van der Waals surface area contributed by atoms with Crippen molar-refractivity contribution in [1.29, 1.82) is 0 Å². The van der Waals surface area contributed by atoms with Gasteiger partial charge >= 0.3 is 0 Å². The summed E-state index contributed by atoms with van der Waals surface area (Å²) in [6, 6.07) is 16.2. The van der Waals surface area contributed by atoms with Crippen LogP contribution in [0.15, 0.2) is 54.7 Å². The molecule has 0 spiro atoms. The number of fused-ring (bicyclic) bond motifs is 1. The fourth-order valence-electron chi connectivity index (χ4n) is 2.43. The second-order valence-electron chi connectivity index (χ2n) is 4.90. The summed E-state index contributed by atoms with van der Waals surface area (Å²) in [5, 5.41) is 5.54. The van der Waals surface area contributed by atoms with Crippen molar-refractivity contribution >= 4 is 22.3 Å². The molecular weight excluding hydrogens is 246 g/mol. The molecule has 0 radical (unpaired) electrons. The van der Waals surface area contributed by atoms with Crippen LogP contribution in [0.5, 0.6) is 0 Å². The van der Waals surface area contributed by atoms with Crippen LogP contribution in [0.2, 0.25) is 0 Å². The third-order valence-corrected chi connectivity index (χ3v) is 3.44. The van der Waals surface area contributed by atoms with Crippen LogP contribution < -0.4 is 11.1 Å². The second-order valence-corrected chi connectivity index (χ2v) is 4.90. The molecule has 0 atom stereocenters. The molecule has 0 aliphatic rings. The lowest BCUT2D eigenvalue weighted by atomic mass is 10.1. The fourth-order valence-corrected chi connectivity index (χ4v) is 2.43. The van der Waals surface area contributed by atoms with Gasteiger partial charge in [-0.1, -0.05) is 42.5 Å². The molecule has 2 aromatic carbocycles. The van der Waals surface area contributed by atoms with Gasteiger partial charge in [0.25, 0.3) is 0 Å². The second kappa shape index (κ2) is 5.21. The summed E-state index contributed by atoms with van der Waals surface area (Å²) in [6.07, 6.45) is 1.87. The molecule has 3 heteroatoms. The monoisotopic (exact) mass is 263 g/mol. The largest absolute Gasteiger partial charge is 0.398 e. The molecule has 3 nitrogen and oxygen atoms in total. The summed E-state index contributed by atoms with van der Waals surface area (Å²) in [5.41, 5.74) is 9.20. The summed E-state index contributed by atoms with van der Waals surface area (Å²) in [5.74, 6) is 0.877. The first-order chi connectivity index (χ1) is 9.75. The molecule has 0 fully saturated rings. The summed E-state index contributed by atoms with van der Waals surface area (Å²) in [4.78, 5) is 4.50. The minimum Gasteiger partial charge on any atom is -0.398 e. The van der Waals surface area contributed by atoms with Gasteiger partial charge in [0.15, 0.2) is 0 Å². The fraction of sp³-hybridized carbons (Fsp3) is 0.118. The van der Waals surface area contributed by atoms with Crippen LogP contribution in [0.1, 0.15) is 11.1 Å². The van der Waals surface area contributed by atoms with Crippen molar-refractivity contribution in [2.75, 3.05) is 11.1 Å². The molecule has 0 aliphatic carbocycles. The topological polar surface area (TPSA) is 50.9 Å². The Bertz CT molecular complexity index is 728. The van der Waals surface area contributed by atoms with Crippen molar-refractivity contribution in [3.05, 3.63) is 65.9 Å². The lowest BCUT2D eigenvalue weighted by Crippen LogP contribution is -2.03. The predicted molar refractivity (Wildman–Crippen MR) is 84.7 cm³/mol. The first-order valence-electron chi connectivity index (χ1n) is 6.67. The van der Waals surface area contributed by atoms with Crippen molar-refractivity contribution in [2.45, 2.75) is 13.5 Å². The van der Waals surface area contributed by atoms with E-state index in [1.807, 2.05) is 43.5 Å². The molecule has 0 saturated carbocycles. The molecule has 3 N–H and O–H groups in total. The standard InChI is InChI=1S/C17H17N3/c1-12-10-19-17(14-8-5-9-15(18)16(12)14)20-11-13-6-3-2-4-7-13/h2-10H,11,18H2,1H3,(H,19,20). The number of nitrogens with two attached hydrogens (primary N) is 1. The van der Waals surface area contributed by atoms with Crippen molar-refractivity contribution in [2.24, 2.45) is 0 Å². The average Bonchev–Trinajstić information content (AvgIpc) is 2.48. The number of rotatable bonds is 3. The summed E-state index contributed by atoms with van der Waals surface area (Å²) < 4.78 is 0. The van der Waals surface area contributed by atoms with E-state index in [0.29, 0.717) is 0 Å². The first-order valence-corrected chi connectivity index (χ1v) is 6.67. The summed E-state index contributed by atoms with van der Waals surface area (Å²) >= 11 is 0. The zero-order valence-electron chi connectivity index (χ0n) is 11.4. The van der Waals surface area contributed by atoms with Crippen LogP contribution in [-0.4, -0.2) is 4.98 Å². The number of nitrogens with one attached hydrogen (secondary N) is 1. The van der Waals surface area contributed by atoms with Gasteiger partial charge in [-0.25, -0.2) is 4.98 Å². The highest BCUT2D eigenvalue weighted by Gasteiger charge is 2.07. The van der Waals surface area contributed by atoms with Crippen molar-refractivity contribution < 1.29 is 0 Å². The van der Waals surface area contributed by atoms with E-state index in [0.717, 1.165) is 34.4 Å². The molecule has 20 heavy (non-hydrogen) atoms. The quantitative estimate of drug-likeness (QED) is 0.708. The van der Waals surface area contributed by atoms with Gasteiger partial charge in [-0.05, 0) is 24.1 Å². The van der Waals surface area contributed by atoms with Gasteiger partial charge in [0.1, 0.15) is 5.82 Å². The van der Waals surface area contributed by atoms with E-state index in [2.05, 4.69) is 28.5 Å². The van der Waals surface area contributed by atoms with E-state index in [9.17, 15) is 0 Å². The number of hydrogen-bond acceptors (Lipinski definition) is 3. The molecule has 0 saturated heterocycles. The van der Waals surface area contributed by atoms with Gasteiger partial charge in [0, 0.05) is 29.2 Å². The Morgan fingerprint density at radius 1 is 1.05 bits per heavy atom. The number of nitrogen functional groups attached to an aromatic ring is 1. The number of anilines is 2. The zero-order chi connectivity index (χ0) is 13.9. The highest BCUT2D eigenvalue weighted by molar-refractivity contribution is 6.01. The van der Waals surface area contributed by atoms with Crippen LogP contribution in [0.3, 0.4) is 0 Å².